The second-order valence-corrected chi connectivity index (χ2v) is 27.8. The molecule has 0 saturated carbocycles. The molecule has 21 N–H and O–H groups in total. The number of unbranched alkanes of at least 4 members (excludes halogenated alkanes) is 1. The Kier molecular flexibility index (Phi) is 30.8. The standard InChI is InChI=1S/C76H103N19O13/c1-92(62(43-48-23-9-4-10-24-48)71(104)89-56(65(81)98)44-49-45-85-52-27-12-11-25-50(49)52)75(108)61-31-18-40-95(61)74(107)58(42-47-21-7-3-8-22-47)91-68(101)57(41-46-19-5-2-6-20-46)90-67(100)53(32-34-63(79)96)86-66(99)54(33-35-64(80)97)87-69(102)60-30-17-39-94(60)73(106)55(28-13-14-36-77)88-70(103)59-29-16-38-93(59)72(105)51(78)26-15-37-84-76(82)83/h2-12,19-25,27,45,51,53-62,85H,13-18,26,28-44,77-78H2,1H3,(H2,79,96)(H2,80,97)(H2,81,98)(H,86,99)(H,87,102)(H,88,103)(H,89,104)(H,90,100)(H,91,101)(H4,82,83,84)/t51-,53-,54-,55-,56-,57-,58-,59-,60-,61-,62-/m0/s1. The van der Waals surface area contributed by atoms with E-state index >= 15 is 14.4 Å². The molecule has 108 heavy (non-hydrogen) atoms. The van der Waals surface area contributed by atoms with Crippen molar-refractivity contribution in [1.29, 1.82) is 0 Å². The number of aromatic amines is 1. The molecular weight excluding hydrogens is 1390 g/mol. The average molecular weight is 1490 g/mol. The SMILES string of the molecule is CN(C(=O)[C@@H]1CCCN1C(=O)[C@H](Cc1ccccc1)NC(=O)[C@H](Cc1ccccc1)NC(=O)[C@H](CCC(N)=O)NC(=O)[C@H](CCC(N)=O)NC(=O)[C@@H]1CCCN1C(=O)[C@H](CCCCN)NC(=O)[C@@H]1CCCN1C(=O)[C@@H](N)CCCN=C(N)N)[C@@H](Cc1ccccc1)C(=O)N[C@@H](Cc1c[nH]c2ccccc12)C(N)=O. The number of aliphatic imine (C=N–C) groups is 1. The molecule has 4 aromatic carbocycles. The van der Waals surface area contributed by atoms with E-state index in [1.807, 2.05) is 24.3 Å². The summed E-state index contributed by atoms with van der Waals surface area (Å²) in [5.41, 5.74) is 43.5. The molecule has 0 unspecified atom stereocenters. The van der Waals surface area contributed by atoms with Gasteiger partial charge in [0.25, 0.3) is 0 Å². The highest BCUT2D eigenvalue weighted by Crippen LogP contribution is 2.27. The molecule has 0 spiro atoms. The Hall–Kier alpha value is -11.3. The van der Waals surface area contributed by atoms with Gasteiger partial charge in [-0.05, 0) is 118 Å². The number of likely N-dealkylation sites (N-methyl/N-ethyl adjacent to an activating group) is 1. The van der Waals surface area contributed by atoms with Gasteiger partial charge < -0.3 is 96.6 Å². The minimum absolute atomic E-state index is 0.0106. The van der Waals surface area contributed by atoms with Gasteiger partial charge in [0.05, 0.1) is 6.04 Å². The second kappa shape index (κ2) is 40.4. The molecule has 0 radical (unpaired) electrons. The summed E-state index contributed by atoms with van der Waals surface area (Å²) < 4.78 is 0. The number of amides is 13. The summed E-state index contributed by atoms with van der Waals surface area (Å²) in [6.07, 6.45) is 3.14. The molecule has 5 aromatic rings. The van der Waals surface area contributed by atoms with Crippen LogP contribution >= 0.6 is 0 Å². The summed E-state index contributed by atoms with van der Waals surface area (Å²) in [5, 5.41) is 17.3. The number of hydrogen-bond donors (Lipinski definition) is 14. The highest BCUT2D eigenvalue weighted by molar-refractivity contribution is 6.00. The van der Waals surface area contributed by atoms with E-state index in [9.17, 15) is 47.9 Å². The van der Waals surface area contributed by atoms with E-state index in [0.29, 0.717) is 61.6 Å². The molecule has 32 nitrogen and oxygen atoms in total. The van der Waals surface area contributed by atoms with E-state index in [-0.39, 0.29) is 90.0 Å². The zero-order valence-electron chi connectivity index (χ0n) is 61.0. The number of para-hydroxylation sites is 1. The van der Waals surface area contributed by atoms with Crippen LogP contribution in [-0.2, 0) is 88.0 Å². The van der Waals surface area contributed by atoms with Crippen molar-refractivity contribution in [2.75, 3.05) is 39.8 Å². The van der Waals surface area contributed by atoms with E-state index in [1.54, 1.807) is 97.2 Å². The number of rotatable bonds is 40. The molecule has 3 aliphatic heterocycles. The molecule has 11 atom stereocenters. The van der Waals surface area contributed by atoms with Crippen molar-refractivity contribution in [3.63, 3.8) is 0 Å². The molecule has 3 fully saturated rings. The summed E-state index contributed by atoms with van der Waals surface area (Å²) in [6.45, 7) is 0.920. The van der Waals surface area contributed by atoms with Crippen LogP contribution in [0.3, 0.4) is 0 Å². The summed E-state index contributed by atoms with van der Waals surface area (Å²) in [5.74, 6) is -9.94. The minimum atomic E-state index is -1.66. The first-order valence-corrected chi connectivity index (χ1v) is 36.9. The van der Waals surface area contributed by atoms with E-state index in [1.165, 1.54) is 26.6 Å². The van der Waals surface area contributed by atoms with Crippen molar-refractivity contribution >= 4 is 93.7 Å². The molecule has 580 valence electrons. The maximum absolute atomic E-state index is 15.4. The number of carbonyl (C=O) groups excluding carboxylic acids is 13. The lowest BCUT2D eigenvalue weighted by molar-refractivity contribution is -0.148. The molecule has 4 heterocycles. The Morgan fingerprint density at radius 1 is 0.481 bits per heavy atom. The highest BCUT2D eigenvalue weighted by atomic mass is 16.2. The fourth-order valence-electron chi connectivity index (χ4n) is 14.1. The lowest BCUT2D eigenvalue weighted by atomic mass is 10.00. The van der Waals surface area contributed by atoms with Gasteiger partial charge in [0.15, 0.2) is 5.96 Å². The van der Waals surface area contributed by atoms with Crippen LogP contribution in [0.2, 0.25) is 0 Å². The predicted molar refractivity (Wildman–Crippen MR) is 402 cm³/mol. The summed E-state index contributed by atoms with van der Waals surface area (Å²) >= 11 is 0. The van der Waals surface area contributed by atoms with Gasteiger partial charge >= 0.3 is 0 Å². The molecule has 1 aromatic heterocycles. The number of nitrogens with two attached hydrogens (primary N) is 7. The molecule has 32 heteroatoms. The average Bonchev–Trinajstić information content (AvgIpc) is 1.57. The first-order chi connectivity index (χ1) is 51.8. The van der Waals surface area contributed by atoms with Crippen LogP contribution in [0.5, 0.6) is 0 Å². The van der Waals surface area contributed by atoms with Crippen LogP contribution in [-0.4, -0.2) is 214 Å². The summed E-state index contributed by atoms with van der Waals surface area (Å²) in [6, 6.07) is 19.7. The molecule has 0 bridgehead atoms. The van der Waals surface area contributed by atoms with Crippen molar-refractivity contribution in [2.45, 2.75) is 188 Å². The lowest BCUT2D eigenvalue weighted by Crippen LogP contribution is -2.61. The Balaban J connectivity index is 0.992. The molecule has 3 aliphatic rings. The zero-order chi connectivity index (χ0) is 78.0. The van der Waals surface area contributed by atoms with Gasteiger partial charge in [-0.2, -0.15) is 0 Å². The van der Waals surface area contributed by atoms with Gasteiger partial charge in [0, 0.05) is 88.9 Å². The maximum atomic E-state index is 15.4. The number of guanidine groups is 1. The normalized spacial score (nSPS) is 17.7. The predicted octanol–water partition coefficient (Wildman–Crippen LogP) is -1.33. The third-order valence-electron chi connectivity index (χ3n) is 19.9. The molecule has 8 rings (SSSR count). The highest BCUT2D eigenvalue weighted by Gasteiger charge is 2.45. The number of primary amides is 3. The zero-order valence-corrected chi connectivity index (χ0v) is 61.0. The number of nitrogens with zero attached hydrogens (tertiary/aromatic N) is 5. The number of hydrogen-bond acceptors (Lipinski definition) is 16. The maximum Gasteiger partial charge on any atom is 0.246 e. The van der Waals surface area contributed by atoms with E-state index < -0.39 is 169 Å². The molecule has 13 amide bonds. The number of H-pyrrole nitrogens is 1. The van der Waals surface area contributed by atoms with Crippen LogP contribution in [0.15, 0.2) is 126 Å². The topological polar surface area (TPSA) is 517 Å². The lowest BCUT2D eigenvalue weighted by Gasteiger charge is -2.35. The van der Waals surface area contributed by atoms with Gasteiger partial charge in [-0.15, -0.1) is 0 Å². The van der Waals surface area contributed by atoms with Gasteiger partial charge in [0.1, 0.15) is 60.4 Å². The minimum Gasteiger partial charge on any atom is -0.370 e. The fourth-order valence-corrected chi connectivity index (χ4v) is 14.1. The smallest absolute Gasteiger partial charge is 0.246 e. The van der Waals surface area contributed by atoms with Crippen LogP contribution in [0.1, 0.15) is 119 Å². The third kappa shape index (κ3) is 23.4. The van der Waals surface area contributed by atoms with Gasteiger partial charge in [-0.3, -0.25) is 67.3 Å². The largest absolute Gasteiger partial charge is 0.370 e. The quantitative estimate of drug-likeness (QED) is 0.0123. The van der Waals surface area contributed by atoms with Crippen LogP contribution in [0.4, 0.5) is 0 Å². The Morgan fingerprint density at radius 3 is 1.48 bits per heavy atom. The van der Waals surface area contributed by atoms with Gasteiger partial charge in [0.2, 0.25) is 76.8 Å². The molecule has 3 saturated heterocycles. The van der Waals surface area contributed by atoms with Crippen molar-refractivity contribution in [2.24, 2.45) is 45.1 Å². The van der Waals surface area contributed by atoms with E-state index in [4.69, 9.17) is 40.1 Å². The first kappa shape index (κ1) is 82.4. The summed E-state index contributed by atoms with van der Waals surface area (Å²) in [7, 11) is 1.45. The first-order valence-electron chi connectivity index (χ1n) is 36.9. The number of benzene rings is 4. The number of aromatic nitrogens is 1. The van der Waals surface area contributed by atoms with Crippen molar-refractivity contribution in [3.05, 3.63) is 144 Å². The van der Waals surface area contributed by atoms with Gasteiger partial charge in [-0.25, -0.2) is 0 Å². The van der Waals surface area contributed by atoms with Crippen molar-refractivity contribution in [3.8, 4) is 0 Å². The van der Waals surface area contributed by atoms with Crippen molar-refractivity contribution < 1.29 is 62.3 Å². The number of fused-ring (bicyclic) bond motifs is 1. The Morgan fingerprint density at radius 2 is 0.935 bits per heavy atom. The number of carbonyl (C=O) groups is 13. The van der Waals surface area contributed by atoms with Crippen LogP contribution in [0, 0.1) is 0 Å². The summed E-state index contributed by atoms with van der Waals surface area (Å²) in [4.78, 5) is 197. The number of nitrogens with one attached hydrogen (secondary N) is 7. The molecule has 0 aliphatic carbocycles. The number of likely N-dealkylation sites (tertiary alicyclic amines) is 3. The van der Waals surface area contributed by atoms with E-state index in [0.717, 1.165) is 16.5 Å². The second-order valence-electron chi connectivity index (χ2n) is 27.8. The molecular formula is C76H103N19O13. The van der Waals surface area contributed by atoms with Crippen LogP contribution in [0.25, 0.3) is 10.9 Å². The van der Waals surface area contributed by atoms with Crippen LogP contribution < -0.4 is 72.0 Å². The Bertz CT molecular complexity index is 3990. The van der Waals surface area contributed by atoms with E-state index in [2.05, 4.69) is 41.9 Å². The fraction of sp³-hybridized carbons (Fsp3) is 0.474. The van der Waals surface area contributed by atoms with Crippen molar-refractivity contribution in [1.82, 2.24) is 56.5 Å². The monoisotopic (exact) mass is 1490 g/mol. The third-order valence-corrected chi connectivity index (χ3v) is 19.9. The van der Waals surface area contributed by atoms with Gasteiger partial charge in [-0.1, -0.05) is 109 Å². The Labute approximate surface area is 626 Å².